The maximum absolute atomic E-state index is 12.3. The third-order valence-corrected chi connectivity index (χ3v) is 5.09. The Kier molecular flexibility index (Phi) is 5.51. The number of carbonyl (C=O) groups is 2. The van der Waals surface area contributed by atoms with E-state index in [9.17, 15) is 9.59 Å². The fraction of sp³-hybridized carbons (Fsp3) is 0.286. The Hall–Kier alpha value is -1.93. The van der Waals surface area contributed by atoms with Gasteiger partial charge in [0.1, 0.15) is 0 Å². The second-order valence-corrected chi connectivity index (χ2v) is 7.00. The van der Waals surface area contributed by atoms with Crippen molar-refractivity contribution >= 4 is 45.6 Å². The molecule has 0 aliphatic heterocycles. The summed E-state index contributed by atoms with van der Waals surface area (Å²) >= 11 is 2.61. The highest BCUT2D eigenvalue weighted by Gasteiger charge is 2.20. The molecule has 0 radical (unpaired) electrons. The predicted molar refractivity (Wildman–Crippen MR) is 89.3 cm³/mol. The molecule has 1 aromatic carbocycles. The first kappa shape index (κ1) is 16.4. The van der Waals surface area contributed by atoms with Crippen LogP contribution in [0, 0.1) is 0 Å². The van der Waals surface area contributed by atoms with Crippen LogP contribution < -0.4 is 11.1 Å². The van der Waals surface area contributed by atoms with Gasteiger partial charge >= 0.3 is 0 Å². The first-order valence-electron chi connectivity index (χ1n) is 6.67. The molecule has 0 fully saturated rings. The minimum absolute atomic E-state index is 0.00581. The number of nitrogens with zero attached hydrogens (tertiary/aromatic N) is 2. The normalized spacial score (nSPS) is 11.9. The molecule has 116 valence electrons. The Morgan fingerprint density at radius 3 is 2.50 bits per heavy atom. The smallest absolute Gasteiger partial charge is 0.237 e. The Bertz CT molecular complexity index is 670. The van der Waals surface area contributed by atoms with Gasteiger partial charge in [-0.3, -0.25) is 9.59 Å². The Morgan fingerprint density at radius 1 is 1.32 bits per heavy atom. The van der Waals surface area contributed by atoms with Gasteiger partial charge in [-0.2, -0.15) is 0 Å². The molecule has 6 nitrogen and oxygen atoms in total. The average Bonchev–Trinajstić information content (AvgIpc) is 2.90. The van der Waals surface area contributed by atoms with Crippen molar-refractivity contribution in [3.8, 4) is 0 Å². The number of nitrogens with two attached hydrogens (primary N) is 1. The van der Waals surface area contributed by atoms with Crippen molar-refractivity contribution in [2.75, 3.05) is 11.1 Å². The number of hydrogen-bond acceptors (Lipinski definition) is 7. The van der Waals surface area contributed by atoms with E-state index in [0.29, 0.717) is 27.1 Å². The van der Waals surface area contributed by atoms with Gasteiger partial charge in [-0.05, 0) is 37.6 Å². The van der Waals surface area contributed by atoms with Gasteiger partial charge in [-0.25, -0.2) is 0 Å². The van der Waals surface area contributed by atoms with Crippen LogP contribution in [0.4, 0.5) is 10.8 Å². The molecule has 0 saturated heterocycles. The number of nitrogens with one attached hydrogen (secondary N) is 1. The highest BCUT2D eigenvalue weighted by molar-refractivity contribution is 8.02. The first-order chi connectivity index (χ1) is 10.5. The van der Waals surface area contributed by atoms with E-state index in [2.05, 4.69) is 15.5 Å². The molecule has 0 bridgehead atoms. The molecular formula is C14H16N4O2S2. The number of carbonyl (C=O) groups excluding carboxylic acids is 2. The van der Waals surface area contributed by atoms with Crippen LogP contribution in [-0.4, -0.2) is 27.1 Å². The molecule has 0 aliphatic carbocycles. The fourth-order valence-corrected chi connectivity index (χ4v) is 3.53. The summed E-state index contributed by atoms with van der Waals surface area (Å²) in [5.41, 5.74) is 6.81. The van der Waals surface area contributed by atoms with Crippen LogP contribution in [0.1, 0.15) is 30.6 Å². The van der Waals surface area contributed by atoms with Gasteiger partial charge in [0.25, 0.3) is 0 Å². The van der Waals surface area contributed by atoms with Crippen LogP contribution in [-0.2, 0) is 4.79 Å². The molecule has 22 heavy (non-hydrogen) atoms. The molecule has 1 amide bonds. The van der Waals surface area contributed by atoms with E-state index in [1.54, 1.807) is 24.3 Å². The van der Waals surface area contributed by atoms with Crippen molar-refractivity contribution in [1.82, 2.24) is 10.2 Å². The van der Waals surface area contributed by atoms with E-state index >= 15 is 0 Å². The van der Waals surface area contributed by atoms with E-state index < -0.39 is 0 Å². The van der Waals surface area contributed by atoms with Crippen molar-refractivity contribution < 1.29 is 9.59 Å². The van der Waals surface area contributed by atoms with Gasteiger partial charge in [0, 0.05) is 11.3 Å². The number of hydrogen-bond donors (Lipinski definition) is 2. The van der Waals surface area contributed by atoms with Crippen LogP contribution in [0.3, 0.4) is 0 Å². The van der Waals surface area contributed by atoms with Crippen molar-refractivity contribution in [3.05, 3.63) is 29.8 Å². The average molecular weight is 336 g/mol. The molecule has 8 heteroatoms. The first-order valence-corrected chi connectivity index (χ1v) is 8.36. The summed E-state index contributed by atoms with van der Waals surface area (Å²) in [4.78, 5) is 23.5. The topological polar surface area (TPSA) is 98.0 Å². The van der Waals surface area contributed by atoms with Crippen LogP contribution >= 0.6 is 23.1 Å². The number of amides is 1. The third-order valence-electron chi connectivity index (χ3n) is 2.89. The lowest BCUT2D eigenvalue weighted by Crippen LogP contribution is -2.24. The number of rotatable bonds is 6. The van der Waals surface area contributed by atoms with E-state index in [-0.39, 0.29) is 16.9 Å². The zero-order chi connectivity index (χ0) is 16.1. The number of nitrogen functional groups attached to an aromatic ring is 1. The van der Waals surface area contributed by atoms with Crippen molar-refractivity contribution in [3.63, 3.8) is 0 Å². The summed E-state index contributed by atoms with van der Waals surface area (Å²) in [5, 5.41) is 10.6. The fourth-order valence-electron chi connectivity index (χ4n) is 1.72. The number of ketones is 1. The Balaban J connectivity index is 2.00. The van der Waals surface area contributed by atoms with E-state index in [4.69, 9.17) is 5.73 Å². The van der Waals surface area contributed by atoms with Crippen LogP contribution in [0.25, 0.3) is 0 Å². The Labute approximate surface area is 136 Å². The number of Topliss-reactive ketones (excluding diaryl/α,β-unsaturated/α-hetero) is 1. The lowest BCUT2D eigenvalue weighted by atomic mass is 10.1. The number of anilines is 2. The molecule has 2 aromatic rings. The maximum atomic E-state index is 12.3. The summed E-state index contributed by atoms with van der Waals surface area (Å²) in [6.45, 7) is 3.44. The highest BCUT2D eigenvalue weighted by Crippen LogP contribution is 2.29. The lowest BCUT2D eigenvalue weighted by Gasteiger charge is -2.13. The van der Waals surface area contributed by atoms with Crippen molar-refractivity contribution in [1.29, 1.82) is 0 Å². The molecule has 0 spiro atoms. The second-order valence-electron chi connectivity index (χ2n) is 4.54. The summed E-state index contributed by atoms with van der Waals surface area (Å²) < 4.78 is 0.673. The molecule has 1 unspecified atom stereocenters. The standard InChI is InChI=1S/C14H16N4O2S2/c1-3-11(21-14-18-17-13(15)22-14)12(20)16-10-6-4-9(5-7-10)8(2)19/h4-7,11H,3H2,1-2H3,(H2,15,17)(H,16,20). The summed E-state index contributed by atoms with van der Waals surface area (Å²) in [5.74, 6) is -0.120. The van der Waals surface area contributed by atoms with Crippen molar-refractivity contribution in [2.24, 2.45) is 0 Å². The molecular weight excluding hydrogens is 320 g/mol. The number of benzene rings is 1. The highest BCUT2D eigenvalue weighted by atomic mass is 32.2. The quantitative estimate of drug-likeness (QED) is 0.622. The van der Waals surface area contributed by atoms with E-state index in [1.165, 1.54) is 30.0 Å². The summed E-state index contributed by atoms with van der Waals surface area (Å²) in [6, 6.07) is 6.82. The SMILES string of the molecule is CCC(Sc1nnc(N)s1)C(=O)Nc1ccc(C(C)=O)cc1. The lowest BCUT2D eigenvalue weighted by molar-refractivity contribution is -0.115. The molecule has 3 N–H and O–H groups in total. The molecule has 0 aliphatic rings. The van der Waals surface area contributed by atoms with Gasteiger partial charge in [-0.1, -0.05) is 30.0 Å². The van der Waals surface area contributed by atoms with Gasteiger partial charge < -0.3 is 11.1 Å². The van der Waals surface area contributed by atoms with Crippen LogP contribution in [0.15, 0.2) is 28.6 Å². The predicted octanol–water partition coefficient (Wildman–Crippen LogP) is 2.83. The molecule has 1 heterocycles. The van der Waals surface area contributed by atoms with Gasteiger partial charge in [0.05, 0.1) is 5.25 Å². The van der Waals surface area contributed by atoms with Gasteiger partial charge in [0.15, 0.2) is 10.1 Å². The number of aromatic nitrogens is 2. The van der Waals surface area contributed by atoms with E-state index in [1.807, 2.05) is 6.92 Å². The van der Waals surface area contributed by atoms with Crippen LogP contribution in [0.5, 0.6) is 0 Å². The monoisotopic (exact) mass is 336 g/mol. The van der Waals surface area contributed by atoms with Gasteiger partial charge in [-0.15, -0.1) is 10.2 Å². The molecule has 0 saturated carbocycles. The Morgan fingerprint density at radius 2 is 2.00 bits per heavy atom. The zero-order valence-electron chi connectivity index (χ0n) is 12.2. The number of thioether (sulfide) groups is 1. The molecule has 1 aromatic heterocycles. The molecule has 1 atom stereocenters. The van der Waals surface area contributed by atoms with E-state index in [0.717, 1.165) is 0 Å². The minimum atomic E-state index is -0.278. The van der Waals surface area contributed by atoms with Crippen molar-refractivity contribution in [2.45, 2.75) is 29.9 Å². The van der Waals surface area contributed by atoms with Crippen LogP contribution in [0.2, 0.25) is 0 Å². The minimum Gasteiger partial charge on any atom is -0.374 e. The van der Waals surface area contributed by atoms with Gasteiger partial charge in [0.2, 0.25) is 11.0 Å². The summed E-state index contributed by atoms with van der Waals surface area (Å²) in [7, 11) is 0. The largest absolute Gasteiger partial charge is 0.374 e. The third kappa shape index (κ3) is 4.28. The second kappa shape index (κ2) is 7.37. The zero-order valence-corrected chi connectivity index (χ0v) is 13.8. The maximum Gasteiger partial charge on any atom is 0.237 e. The summed E-state index contributed by atoms with van der Waals surface area (Å²) in [6.07, 6.45) is 0.654. The molecule has 2 rings (SSSR count).